The van der Waals surface area contributed by atoms with Gasteiger partial charge in [0.2, 0.25) is 0 Å². The van der Waals surface area contributed by atoms with Crippen LogP contribution in [0.1, 0.15) is 22.5 Å². The molecule has 3 aromatic rings. The van der Waals surface area contributed by atoms with E-state index in [0.29, 0.717) is 17.9 Å². The number of carbonyl (C=O) groups excluding carboxylic acids is 1. The van der Waals surface area contributed by atoms with Crippen molar-refractivity contribution in [1.82, 2.24) is 9.78 Å². The van der Waals surface area contributed by atoms with Crippen molar-refractivity contribution < 1.29 is 9.18 Å². The molecule has 2 heterocycles. The summed E-state index contributed by atoms with van der Waals surface area (Å²) in [6.45, 7) is 0.582. The second kappa shape index (κ2) is 5.70. The second-order valence-electron chi connectivity index (χ2n) is 5.97. The molecule has 0 atom stereocenters. The number of rotatable bonds is 1. The number of amides is 1. The largest absolute Gasteiger partial charge is 0.307 e. The van der Waals surface area contributed by atoms with Gasteiger partial charge in [0.15, 0.2) is 0 Å². The Bertz CT molecular complexity index is 966. The molecule has 122 valence electrons. The van der Waals surface area contributed by atoms with Crippen LogP contribution < -0.4 is 4.90 Å². The number of nitrogens with zero attached hydrogens (tertiary/aromatic N) is 3. The van der Waals surface area contributed by atoms with Crippen molar-refractivity contribution in [2.24, 2.45) is 7.05 Å². The van der Waals surface area contributed by atoms with E-state index in [1.807, 2.05) is 18.2 Å². The zero-order valence-electron chi connectivity index (χ0n) is 13.1. The van der Waals surface area contributed by atoms with Crippen LogP contribution in [-0.2, 0) is 13.5 Å². The van der Waals surface area contributed by atoms with Gasteiger partial charge in [0.25, 0.3) is 5.91 Å². The molecule has 0 aliphatic carbocycles. The van der Waals surface area contributed by atoms with Gasteiger partial charge in [0.1, 0.15) is 11.5 Å². The number of benzene rings is 2. The summed E-state index contributed by atoms with van der Waals surface area (Å²) >= 11 is 3.42. The highest BCUT2D eigenvalue weighted by atomic mass is 79.9. The third-order valence-corrected chi connectivity index (χ3v) is 4.90. The standard InChI is InChI=1S/C18H15BrFN3O/c1-22-17(14-7-5-12(19)9-15(14)21-22)18(24)23-8-2-3-11-4-6-13(20)10-16(11)23/h4-7,9-10H,2-3,8H2,1H3. The van der Waals surface area contributed by atoms with E-state index in [4.69, 9.17) is 0 Å². The van der Waals surface area contributed by atoms with E-state index in [2.05, 4.69) is 21.0 Å². The molecular weight excluding hydrogens is 373 g/mol. The van der Waals surface area contributed by atoms with Crippen molar-refractivity contribution in [3.63, 3.8) is 0 Å². The van der Waals surface area contributed by atoms with Crippen molar-refractivity contribution in [3.8, 4) is 0 Å². The predicted octanol–water partition coefficient (Wildman–Crippen LogP) is 4.07. The Morgan fingerprint density at radius 2 is 2.08 bits per heavy atom. The molecule has 0 radical (unpaired) electrons. The molecule has 24 heavy (non-hydrogen) atoms. The highest BCUT2D eigenvalue weighted by molar-refractivity contribution is 9.10. The number of aryl methyl sites for hydroxylation is 2. The molecule has 6 heteroatoms. The molecule has 1 amide bonds. The smallest absolute Gasteiger partial charge is 0.277 e. The van der Waals surface area contributed by atoms with Gasteiger partial charge in [-0.15, -0.1) is 0 Å². The third-order valence-electron chi connectivity index (χ3n) is 4.41. The topological polar surface area (TPSA) is 38.1 Å². The van der Waals surface area contributed by atoms with Crippen molar-refractivity contribution in [3.05, 3.63) is 57.9 Å². The summed E-state index contributed by atoms with van der Waals surface area (Å²) in [7, 11) is 1.76. The molecule has 0 saturated carbocycles. The van der Waals surface area contributed by atoms with Gasteiger partial charge >= 0.3 is 0 Å². The molecular formula is C18H15BrFN3O. The van der Waals surface area contributed by atoms with Crippen LogP contribution in [0.5, 0.6) is 0 Å². The maximum Gasteiger partial charge on any atom is 0.277 e. The SMILES string of the molecule is Cn1nc2cc(Br)ccc2c1C(=O)N1CCCc2ccc(F)cc21. The number of aromatic nitrogens is 2. The lowest BCUT2D eigenvalue weighted by molar-refractivity contribution is 0.0977. The lowest BCUT2D eigenvalue weighted by Gasteiger charge is -2.29. The highest BCUT2D eigenvalue weighted by Gasteiger charge is 2.27. The highest BCUT2D eigenvalue weighted by Crippen LogP contribution is 2.31. The van der Waals surface area contributed by atoms with Gasteiger partial charge in [-0.1, -0.05) is 22.0 Å². The maximum atomic E-state index is 13.7. The van der Waals surface area contributed by atoms with Crippen LogP contribution in [0.15, 0.2) is 40.9 Å². The molecule has 0 unspecified atom stereocenters. The van der Waals surface area contributed by atoms with Gasteiger partial charge in [0.05, 0.1) is 11.2 Å². The Balaban J connectivity index is 1.84. The first-order valence-corrected chi connectivity index (χ1v) is 8.56. The molecule has 0 spiro atoms. The van der Waals surface area contributed by atoms with E-state index in [-0.39, 0.29) is 11.7 Å². The monoisotopic (exact) mass is 387 g/mol. The van der Waals surface area contributed by atoms with Gasteiger partial charge in [-0.2, -0.15) is 5.10 Å². The quantitative estimate of drug-likeness (QED) is 0.631. The van der Waals surface area contributed by atoms with E-state index in [1.165, 1.54) is 12.1 Å². The summed E-state index contributed by atoms with van der Waals surface area (Å²) < 4.78 is 16.2. The molecule has 1 aliphatic rings. The second-order valence-corrected chi connectivity index (χ2v) is 6.88. The Kier molecular flexibility index (Phi) is 3.64. The van der Waals surface area contributed by atoms with Crippen LogP contribution in [0.25, 0.3) is 10.9 Å². The minimum atomic E-state index is -0.327. The molecule has 1 aliphatic heterocycles. The van der Waals surface area contributed by atoms with Gasteiger partial charge in [0, 0.05) is 23.5 Å². The van der Waals surface area contributed by atoms with E-state index in [0.717, 1.165) is 33.8 Å². The van der Waals surface area contributed by atoms with Crippen molar-refractivity contribution in [1.29, 1.82) is 0 Å². The summed E-state index contributed by atoms with van der Waals surface area (Å²) in [6, 6.07) is 10.3. The predicted molar refractivity (Wildman–Crippen MR) is 94.8 cm³/mol. The van der Waals surface area contributed by atoms with E-state index >= 15 is 0 Å². The Hall–Kier alpha value is -2.21. The van der Waals surface area contributed by atoms with E-state index < -0.39 is 0 Å². The van der Waals surface area contributed by atoms with Gasteiger partial charge in [-0.05, 0) is 48.7 Å². The summed E-state index contributed by atoms with van der Waals surface area (Å²) in [5.41, 5.74) is 2.95. The minimum absolute atomic E-state index is 0.145. The maximum absolute atomic E-state index is 13.7. The average molecular weight is 388 g/mol. The summed E-state index contributed by atoms with van der Waals surface area (Å²) in [6.07, 6.45) is 1.73. The number of anilines is 1. The minimum Gasteiger partial charge on any atom is -0.307 e. The summed E-state index contributed by atoms with van der Waals surface area (Å²) in [4.78, 5) is 14.9. The van der Waals surface area contributed by atoms with Crippen molar-refractivity contribution >= 4 is 38.4 Å². The lowest BCUT2D eigenvalue weighted by atomic mass is 10.0. The van der Waals surface area contributed by atoms with Crippen LogP contribution in [0.4, 0.5) is 10.1 Å². The fourth-order valence-corrected chi connectivity index (χ4v) is 3.66. The van der Waals surface area contributed by atoms with Crippen LogP contribution >= 0.6 is 15.9 Å². The van der Waals surface area contributed by atoms with Crippen LogP contribution in [0, 0.1) is 5.82 Å². The zero-order valence-corrected chi connectivity index (χ0v) is 14.7. The molecule has 0 N–H and O–H groups in total. The fraction of sp³-hybridized carbons (Fsp3) is 0.222. The molecule has 0 saturated heterocycles. The van der Waals surface area contributed by atoms with Gasteiger partial charge in [-0.3, -0.25) is 9.48 Å². The third kappa shape index (κ3) is 2.41. The Morgan fingerprint density at radius 3 is 2.92 bits per heavy atom. The number of carbonyl (C=O) groups is 1. The first-order valence-electron chi connectivity index (χ1n) is 7.77. The van der Waals surface area contributed by atoms with Gasteiger partial charge < -0.3 is 4.90 Å². The molecule has 0 bridgehead atoms. The first-order chi connectivity index (χ1) is 11.5. The van der Waals surface area contributed by atoms with Crippen LogP contribution in [0.3, 0.4) is 0 Å². The number of fused-ring (bicyclic) bond motifs is 2. The first kappa shape index (κ1) is 15.3. The van der Waals surface area contributed by atoms with Crippen molar-refractivity contribution in [2.45, 2.75) is 12.8 Å². The lowest BCUT2D eigenvalue weighted by Crippen LogP contribution is -2.36. The van der Waals surface area contributed by atoms with Gasteiger partial charge in [-0.25, -0.2) is 4.39 Å². The van der Waals surface area contributed by atoms with Crippen molar-refractivity contribution in [2.75, 3.05) is 11.4 Å². The van der Waals surface area contributed by atoms with Crippen LogP contribution in [0.2, 0.25) is 0 Å². The molecule has 1 aromatic heterocycles. The fourth-order valence-electron chi connectivity index (χ4n) is 3.31. The molecule has 2 aromatic carbocycles. The van der Waals surface area contributed by atoms with E-state index in [1.54, 1.807) is 22.7 Å². The molecule has 4 rings (SSSR count). The number of hydrogen-bond donors (Lipinski definition) is 0. The Labute approximate surface area is 147 Å². The normalized spacial score (nSPS) is 14.0. The molecule has 0 fully saturated rings. The van der Waals surface area contributed by atoms with E-state index in [9.17, 15) is 9.18 Å². The number of hydrogen-bond acceptors (Lipinski definition) is 2. The zero-order chi connectivity index (χ0) is 16.8. The van der Waals surface area contributed by atoms with Crippen LogP contribution in [-0.4, -0.2) is 22.2 Å². The summed E-state index contributed by atoms with van der Waals surface area (Å²) in [5.74, 6) is -0.471. The summed E-state index contributed by atoms with van der Waals surface area (Å²) in [5, 5.41) is 5.23. The number of halogens is 2. The average Bonchev–Trinajstić information content (AvgIpc) is 2.88. The molecule has 4 nitrogen and oxygen atoms in total. The Morgan fingerprint density at radius 1 is 1.25 bits per heavy atom.